The number of rotatable bonds is 6. The topological polar surface area (TPSA) is 117 Å². The summed E-state index contributed by atoms with van der Waals surface area (Å²) in [5, 5.41) is 26.2. The molecule has 1 unspecified atom stereocenters. The summed E-state index contributed by atoms with van der Waals surface area (Å²) in [6.45, 7) is 2.86. The molecule has 0 spiro atoms. The molecular formula is C29H27ClFN7O3S. The zero-order valence-corrected chi connectivity index (χ0v) is 24.1. The van der Waals surface area contributed by atoms with Gasteiger partial charge in [-0.1, -0.05) is 17.7 Å². The highest BCUT2D eigenvalue weighted by Gasteiger charge is 2.42. The molecule has 0 radical (unpaired) electrons. The highest BCUT2D eigenvalue weighted by atomic mass is 35.5. The molecule has 0 bridgehead atoms. The molecule has 4 heterocycles. The van der Waals surface area contributed by atoms with Crippen molar-refractivity contribution in [1.82, 2.24) is 20.1 Å². The Labute approximate surface area is 250 Å². The summed E-state index contributed by atoms with van der Waals surface area (Å²) in [6.07, 6.45) is 0.893. The Bertz CT molecular complexity index is 1590. The average Bonchev–Trinajstić information content (AvgIpc) is 3.65. The molecule has 6 rings (SSSR count). The first-order valence-electron chi connectivity index (χ1n) is 13.3. The van der Waals surface area contributed by atoms with Gasteiger partial charge in [0.1, 0.15) is 11.9 Å². The number of halogens is 2. The number of thiazole rings is 1. The van der Waals surface area contributed by atoms with Crippen molar-refractivity contribution in [2.75, 3.05) is 44.7 Å². The third kappa shape index (κ3) is 5.37. The van der Waals surface area contributed by atoms with Crippen LogP contribution in [0.1, 0.15) is 22.2 Å². The summed E-state index contributed by atoms with van der Waals surface area (Å²) in [6, 6.07) is 12.5. The highest BCUT2D eigenvalue weighted by Crippen LogP contribution is 2.37. The number of carbonyl (C=O) groups is 1. The zero-order valence-electron chi connectivity index (χ0n) is 22.6. The van der Waals surface area contributed by atoms with Crippen LogP contribution >= 0.6 is 22.9 Å². The number of anilines is 1. The van der Waals surface area contributed by atoms with Crippen LogP contribution in [0.3, 0.4) is 0 Å². The number of ether oxygens (including phenoxy) is 1. The van der Waals surface area contributed by atoms with Crippen molar-refractivity contribution in [3.8, 4) is 6.07 Å². The molecule has 2 fully saturated rings. The van der Waals surface area contributed by atoms with Crippen molar-refractivity contribution >= 4 is 40.4 Å². The first kappa shape index (κ1) is 28.3. The van der Waals surface area contributed by atoms with E-state index in [0.29, 0.717) is 66.0 Å². The van der Waals surface area contributed by atoms with Gasteiger partial charge in [0.05, 0.1) is 24.3 Å². The molecule has 0 aliphatic carbocycles. The van der Waals surface area contributed by atoms with E-state index in [1.165, 1.54) is 36.6 Å². The smallest absolute Gasteiger partial charge is 0.338 e. The number of aliphatic imine (C=N–C) groups is 1. The summed E-state index contributed by atoms with van der Waals surface area (Å²) in [7, 11) is 1.31. The van der Waals surface area contributed by atoms with E-state index in [1.54, 1.807) is 18.3 Å². The van der Waals surface area contributed by atoms with Gasteiger partial charge in [-0.15, -0.1) is 11.3 Å². The minimum absolute atomic E-state index is 0.0320. The van der Waals surface area contributed by atoms with Crippen molar-refractivity contribution in [2.45, 2.75) is 18.4 Å². The number of methoxy groups -OCH3 is 1. The number of aliphatic hydroxyl groups excluding tert-OH is 1. The van der Waals surface area contributed by atoms with Crippen molar-refractivity contribution in [3.63, 3.8) is 0 Å². The van der Waals surface area contributed by atoms with Gasteiger partial charge >= 0.3 is 5.97 Å². The van der Waals surface area contributed by atoms with Crippen LogP contribution < -0.4 is 10.2 Å². The van der Waals surface area contributed by atoms with Gasteiger partial charge in [-0.3, -0.25) is 14.8 Å². The summed E-state index contributed by atoms with van der Waals surface area (Å²) in [4.78, 5) is 28.6. The second kappa shape index (κ2) is 11.8. The zero-order chi connectivity index (χ0) is 29.4. The molecule has 42 heavy (non-hydrogen) atoms. The molecule has 10 nitrogen and oxygen atoms in total. The van der Waals surface area contributed by atoms with Gasteiger partial charge in [0.2, 0.25) is 0 Å². The Kier molecular flexibility index (Phi) is 7.94. The standard InChI is InChI=1S/C29H27ClFN7O3S/c1-41-28(39)24-23(34-26(27-33-8-11-42-27)35-25(24)21-7-4-18(31)12-22(21)30)16-36-9-10-37-20(14-36)15-38(29(37)40)19-5-2-17(13-32)3-6-19/h2-8,11-12,20,25,29,40H,9-10,14-16H2,1H3,(H,34,35)/t20-,25-,29?/m0/s1. The molecule has 0 amide bonds. The van der Waals surface area contributed by atoms with Gasteiger partial charge in [0, 0.05) is 72.3 Å². The predicted molar refractivity (Wildman–Crippen MR) is 156 cm³/mol. The average molecular weight is 608 g/mol. The number of nitrogens with one attached hydrogen (secondary N) is 1. The second-order valence-electron chi connectivity index (χ2n) is 10.2. The molecule has 3 aromatic rings. The van der Waals surface area contributed by atoms with Gasteiger partial charge in [-0.05, 0) is 36.4 Å². The number of esters is 1. The summed E-state index contributed by atoms with van der Waals surface area (Å²) >= 11 is 7.87. The fourth-order valence-corrected chi connectivity index (χ4v) is 6.56. The lowest BCUT2D eigenvalue weighted by Crippen LogP contribution is -2.54. The van der Waals surface area contributed by atoms with E-state index in [0.717, 1.165) is 5.69 Å². The van der Waals surface area contributed by atoms with Gasteiger partial charge in [0.15, 0.2) is 17.2 Å². The largest absolute Gasteiger partial charge is 0.466 e. The fourth-order valence-electron chi connectivity index (χ4n) is 5.70. The number of carbonyl (C=O) groups excluding carboxylic acids is 1. The van der Waals surface area contributed by atoms with Crippen molar-refractivity contribution in [1.29, 1.82) is 5.26 Å². The number of hydrogen-bond donors (Lipinski definition) is 2. The van der Waals surface area contributed by atoms with Crippen molar-refractivity contribution < 1.29 is 19.0 Å². The van der Waals surface area contributed by atoms with E-state index in [1.807, 2.05) is 22.4 Å². The fraction of sp³-hybridized carbons (Fsp3) is 0.310. The number of amidine groups is 1. The van der Waals surface area contributed by atoms with Gasteiger partial charge in [-0.25, -0.2) is 14.2 Å². The van der Waals surface area contributed by atoms with E-state index in [-0.39, 0.29) is 11.1 Å². The molecule has 2 N–H and O–H groups in total. The lowest BCUT2D eigenvalue weighted by atomic mass is 9.95. The molecule has 3 atom stereocenters. The van der Waals surface area contributed by atoms with Crippen molar-refractivity contribution in [3.05, 3.63) is 92.3 Å². The lowest BCUT2D eigenvalue weighted by molar-refractivity contribution is -0.136. The van der Waals surface area contributed by atoms with E-state index in [9.17, 15) is 14.3 Å². The molecule has 1 aromatic heterocycles. The van der Waals surface area contributed by atoms with E-state index < -0.39 is 24.2 Å². The second-order valence-corrected chi connectivity index (χ2v) is 11.5. The van der Waals surface area contributed by atoms with E-state index in [2.05, 4.69) is 26.2 Å². The number of aromatic nitrogens is 1. The van der Waals surface area contributed by atoms with Crippen LogP contribution in [-0.2, 0) is 9.53 Å². The van der Waals surface area contributed by atoms with Gasteiger partial charge < -0.3 is 20.1 Å². The number of nitriles is 1. The third-order valence-corrected chi connectivity index (χ3v) is 8.84. The van der Waals surface area contributed by atoms with Crippen LogP contribution in [0.25, 0.3) is 0 Å². The van der Waals surface area contributed by atoms with E-state index in [4.69, 9.17) is 26.6 Å². The first-order chi connectivity index (χ1) is 20.4. The third-order valence-electron chi connectivity index (χ3n) is 7.73. The Balaban J connectivity index is 1.29. The van der Waals surface area contributed by atoms with Crippen LogP contribution in [0.5, 0.6) is 0 Å². The van der Waals surface area contributed by atoms with Crippen LogP contribution in [-0.4, -0.2) is 83.9 Å². The Hall–Kier alpha value is -3.86. The number of nitrogens with zero attached hydrogens (tertiary/aromatic N) is 6. The molecule has 2 saturated heterocycles. The van der Waals surface area contributed by atoms with Gasteiger partial charge in [-0.2, -0.15) is 5.26 Å². The predicted octanol–water partition coefficient (Wildman–Crippen LogP) is 3.11. The number of benzene rings is 2. The molecule has 216 valence electrons. The summed E-state index contributed by atoms with van der Waals surface area (Å²) in [5.74, 6) is -0.566. The Morgan fingerprint density at radius 3 is 2.76 bits per heavy atom. The molecule has 13 heteroatoms. The van der Waals surface area contributed by atoms with E-state index >= 15 is 0 Å². The SMILES string of the molecule is COC(=O)C1=C(CN2CCN3C(O)N(c4ccc(C#N)cc4)C[C@@H]3C2)NC(c2nccs2)=N[C@H]1c1ccc(F)cc1Cl. The molecular weight excluding hydrogens is 581 g/mol. The maximum Gasteiger partial charge on any atom is 0.338 e. The number of fused-ring (bicyclic) bond motifs is 1. The minimum Gasteiger partial charge on any atom is -0.466 e. The number of aliphatic hydroxyl groups is 1. The summed E-state index contributed by atoms with van der Waals surface area (Å²) < 4.78 is 19.1. The van der Waals surface area contributed by atoms with Crippen molar-refractivity contribution in [2.24, 2.45) is 4.99 Å². The highest BCUT2D eigenvalue weighted by molar-refractivity contribution is 7.11. The first-order valence-corrected chi connectivity index (χ1v) is 14.6. The number of hydrogen-bond acceptors (Lipinski definition) is 11. The summed E-state index contributed by atoms with van der Waals surface area (Å²) in [5.41, 5.74) is 2.78. The normalized spacial score (nSPS) is 22.8. The van der Waals surface area contributed by atoms with Crippen LogP contribution in [0.2, 0.25) is 5.02 Å². The molecule has 3 aliphatic rings. The van der Waals surface area contributed by atoms with Crippen LogP contribution in [0, 0.1) is 17.1 Å². The molecule has 3 aliphatic heterocycles. The number of piperazine rings is 1. The maximum absolute atomic E-state index is 13.9. The quantitative estimate of drug-likeness (QED) is 0.408. The van der Waals surface area contributed by atoms with Gasteiger partial charge in [0.25, 0.3) is 0 Å². The van der Waals surface area contributed by atoms with Crippen LogP contribution in [0.15, 0.2) is 70.3 Å². The Morgan fingerprint density at radius 2 is 2.07 bits per heavy atom. The van der Waals surface area contributed by atoms with Crippen LogP contribution in [0.4, 0.5) is 10.1 Å². The Morgan fingerprint density at radius 1 is 1.26 bits per heavy atom. The monoisotopic (exact) mass is 607 g/mol. The maximum atomic E-state index is 13.9. The minimum atomic E-state index is -0.831. The molecule has 2 aromatic carbocycles. The lowest BCUT2D eigenvalue weighted by Gasteiger charge is -2.39. The molecule has 0 saturated carbocycles.